The fourth-order valence-electron chi connectivity index (χ4n) is 1.83. The number of sulfonamides is 1. The molecule has 1 atom stereocenters. The zero-order valence-electron chi connectivity index (χ0n) is 12.9. The monoisotopic (exact) mass is 317 g/mol. The predicted octanol–water partition coefficient (Wildman–Crippen LogP) is 1.64. The van der Waals surface area contributed by atoms with E-state index in [1.165, 1.54) is 10.5 Å². The minimum atomic E-state index is -3.79. The van der Waals surface area contributed by atoms with Gasteiger partial charge in [0.2, 0.25) is 0 Å². The largest absolute Gasteiger partial charge is 0.462 e. The van der Waals surface area contributed by atoms with Crippen molar-refractivity contribution in [3.63, 3.8) is 0 Å². The lowest BCUT2D eigenvalue weighted by atomic mass is 10.1. The first kappa shape index (κ1) is 17.6. The summed E-state index contributed by atoms with van der Waals surface area (Å²) in [6.45, 7) is 8.31. The van der Waals surface area contributed by atoms with E-state index in [9.17, 15) is 13.2 Å². The van der Waals surface area contributed by atoms with Crippen molar-refractivity contribution in [2.75, 3.05) is 19.7 Å². The van der Waals surface area contributed by atoms with Crippen LogP contribution in [0.5, 0.6) is 0 Å². The van der Waals surface area contributed by atoms with Crippen molar-refractivity contribution in [3.05, 3.63) is 11.8 Å². The molecule has 8 heteroatoms. The molecule has 0 saturated carbocycles. The number of aromatic amines is 1. The molecule has 7 nitrogen and oxygen atoms in total. The third-order valence-corrected chi connectivity index (χ3v) is 5.18. The lowest BCUT2D eigenvalue weighted by Gasteiger charge is -2.23. The summed E-state index contributed by atoms with van der Waals surface area (Å²) in [5.41, 5.74) is -0.0561. The number of esters is 1. The number of aromatic nitrogens is 2. The standard InChI is InChI=1S/C13H23N3O4S/c1-5-10(4)9-16(6-2)21(18,19)12-11(8-14-15-12)13(17)20-7-3/h8,10H,5-7,9H2,1-4H3,(H,14,15). The van der Waals surface area contributed by atoms with Crippen LogP contribution in [0.3, 0.4) is 0 Å². The average Bonchev–Trinajstić information content (AvgIpc) is 2.94. The minimum Gasteiger partial charge on any atom is -0.462 e. The van der Waals surface area contributed by atoms with Crippen LogP contribution in [0.4, 0.5) is 0 Å². The summed E-state index contributed by atoms with van der Waals surface area (Å²) in [6, 6.07) is 0. The molecule has 0 aliphatic carbocycles. The number of hydrogen-bond acceptors (Lipinski definition) is 5. The number of H-pyrrole nitrogens is 1. The molecule has 1 aromatic heterocycles. The van der Waals surface area contributed by atoms with Crippen molar-refractivity contribution < 1.29 is 17.9 Å². The Morgan fingerprint density at radius 2 is 2.10 bits per heavy atom. The number of carbonyl (C=O) groups excluding carboxylic acids is 1. The molecule has 1 rings (SSSR count). The van der Waals surface area contributed by atoms with Crippen molar-refractivity contribution in [2.24, 2.45) is 5.92 Å². The molecular formula is C13H23N3O4S. The fourth-order valence-corrected chi connectivity index (χ4v) is 3.46. The predicted molar refractivity (Wildman–Crippen MR) is 78.4 cm³/mol. The summed E-state index contributed by atoms with van der Waals surface area (Å²) in [7, 11) is -3.79. The molecule has 0 bridgehead atoms. The van der Waals surface area contributed by atoms with Gasteiger partial charge < -0.3 is 4.74 Å². The Morgan fingerprint density at radius 1 is 1.43 bits per heavy atom. The number of carbonyl (C=O) groups is 1. The van der Waals surface area contributed by atoms with Gasteiger partial charge in [0.15, 0.2) is 5.03 Å². The SMILES string of the molecule is CCOC(=O)c1cn[nH]c1S(=O)(=O)N(CC)CC(C)CC. The summed E-state index contributed by atoms with van der Waals surface area (Å²) in [5, 5.41) is 5.88. The smallest absolute Gasteiger partial charge is 0.342 e. The third-order valence-electron chi connectivity index (χ3n) is 3.26. The quantitative estimate of drug-likeness (QED) is 0.736. The van der Waals surface area contributed by atoms with E-state index < -0.39 is 16.0 Å². The van der Waals surface area contributed by atoms with Crippen molar-refractivity contribution in [3.8, 4) is 0 Å². The van der Waals surface area contributed by atoms with Crippen molar-refractivity contribution in [1.82, 2.24) is 14.5 Å². The van der Waals surface area contributed by atoms with Crippen LogP contribution in [-0.2, 0) is 14.8 Å². The average molecular weight is 317 g/mol. The number of nitrogens with zero attached hydrogens (tertiary/aromatic N) is 2. The van der Waals surface area contributed by atoms with E-state index in [-0.39, 0.29) is 23.1 Å². The Balaban J connectivity index is 3.12. The molecule has 120 valence electrons. The van der Waals surface area contributed by atoms with Crippen molar-refractivity contribution >= 4 is 16.0 Å². The highest BCUT2D eigenvalue weighted by molar-refractivity contribution is 7.89. The van der Waals surface area contributed by atoms with E-state index in [2.05, 4.69) is 10.2 Å². The van der Waals surface area contributed by atoms with Crippen LogP contribution in [0.25, 0.3) is 0 Å². The summed E-state index contributed by atoms with van der Waals surface area (Å²) in [5.74, 6) is -0.460. The third kappa shape index (κ3) is 4.04. The molecule has 0 aliphatic rings. The molecule has 21 heavy (non-hydrogen) atoms. The minimum absolute atomic E-state index is 0.0561. The van der Waals surface area contributed by atoms with Gasteiger partial charge in [-0.1, -0.05) is 27.2 Å². The molecule has 0 amide bonds. The first-order valence-corrected chi connectivity index (χ1v) is 8.53. The van der Waals surface area contributed by atoms with Crippen molar-refractivity contribution in [2.45, 2.75) is 39.1 Å². The number of rotatable bonds is 8. The zero-order chi connectivity index (χ0) is 16.0. The van der Waals surface area contributed by atoms with Crippen LogP contribution in [0, 0.1) is 5.92 Å². The highest BCUT2D eigenvalue weighted by Crippen LogP contribution is 2.20. The Bertz CT molecular complexity index is 568. The van der Waals surface area contributed by atoms with E-state index in [0.29, 0.717) is 13.1 Å². The molecule has 0 spiro atoms. The molecular weight excluding hydrogens is 294 g/mol. The fraction of sp³-hybridized carbons (Fsp3) is 0.692. The zero-order valence-corrected chi connectivity index (χ0v) is 13.7. The van der Waals surface area contributed by atoms with Gasteiger partial charge in [0.25, 0.3) is 10.0 Å². The van der Waals surface area contributed by atoms with Crippen LogP contribution >= 0.6 is 0 Å². The summed E-state index contributed by atoms with van der Waals surface area (Å²) >= 11 is 0. The second kappa shape index (κ2) is 7.56. The second-order valence-corrected chi connectivity index (χ2v) is 6.68. The summed E-state index contributed by atoms with van der Waals surface area (Å²) in [6.07, 6.45) is 2.06. The van der Waals surface area contributed by atoms with Gasteiger partial charge in [-0.25, -0.2) is 13.2 Å². The molecule has 1 aromatic rings. The van der Waals surface area contributed by atoms with Gasteiger partial charge in [0, 0.05) is 13.1 Å². The van der Waals surface area contributed by atoms with Gasteiger partial charge in [-0.2, -0.15) is 9.40 Å². The highest BCUT2D eigenvalue weighted by atomic mass is 32.2. The summed E-state index contributed by atoms with van der Waals surface area (Å²) < 4.78 is 31.5. The molecule has 1 unspecified atom stereocenters. The Kier molecular flexibility index (Phi) is 6.35. The maximum absolute atomic E-state index is 12.7. The van der Waals surface area contributed by atoms with E-state index in [4.69, 9.17) is 4.74 Å². The van der Waals surface area contributed by atoms with Gasteiger partial charge in [-0.05, 0) is 12.8 Å². The lowest BCUT2D eigenvalue weighted by Crippen LogP contribution is -2.35. The van der Waals surface area contributed by atoms with Crippen LogP contribution < -0.4 is 0 Å². The van der Waals surface area contributed by atoms with E-state index in [1.54, 1.807) is 13.8 Å². The number of hydrogen-bond donors (Lipinski definition) is 1. The maximum Gasteiger partial charge on any atom is 0.342 e. The molecule has 1 heterocycles. The van der Waals surface area contributed by atoms with Gasteiger partial charge in [0.1, 0.15) is 5.56 Å². The molecule has 0 aliphatic heterocycles. The van der Waals surface area contributed by atoms with Gasteiger partial charge in [0.05, 0.1) is 12.8 Å². The topological polar surface area (TPSA) is 92.4 Å². The van der Waals surface area contributed by atoms with E-state index >= 15 is 0 Å². The van der Waals surface area contributed by atoms with Gasteiger partial charge in [-0.15, -0.1) is 0 Å². The van der Waals surface area contributed by atoms with E-state index in [0.717, 1.165) is 6.42 Å². The van der Waals surface area contributed by atoms with Gasteiger partial charge in [-0.3, -0.25) is 5.10 Å². The van der Waals surface area contributed by atoms with Gasteiger partial charge >= 0.3 is 5.97 Å². The van der Waals surface area contributed by atoms with Crippen LogP contribution in [0.1, 0.15) is 44.5 Å². The Labute approximate surface area is 125 Å². The highest BCUT2D eigenvalue weighted by Gasteiger charge is 2.31. The second-order valence-electron chi connectivity index (χ2n) is 4.80. The molecule has 0 saturated heterocycles. The maximum atomic E-state index is 12.7. The molecule has 0 fully saturated rings. The van der Waals surface area contributed by atoms with E-state index in [1.807, 2.05) is 13.8 Å². The lowest BCUT2D eigenvalue weighted by molar-refractivity contribution is 0.0521. The van der Waals surface area contributed by atoms with Crippen LogP contribution in [0.2, 0.25) is 0 Å². The Hall–Kier alpha value is -1.41. The molecule has 0 radical (unpaired) electrons. The number of ether oxygens (including phenoxy) is 1. The van der Waals surface area contributed by atoms with Crippen LogP contribution in [0.15, 0.2) is 11.2 Å². The first-order valence-electron chi connectivity index (χ1n) is 7.09. The number of nitrogens with one attached hydrogen (secondary N) is 1. The van der Waals surface area contributed by atoms with Crippen LogP contribution in [-0.4, -0.2) is 48.6 Å². The van der Waals surface area contributed by atoms with Crippen molar-refractivity contribution in [1.29, 1.82) is 0 Å². The molecule has 0 aromatic carbocycles. The normalized spacial score (nSPS) is 13.4. The first-order chi connectivity index (χ1) is 9.88. The summed E-state index contributed by atoms with van der Waals surface area (Å²) in [4.78, 5) is 11.8. The Morgan fingerprint density at radius 3 is 2.62 bits per heavy atom. The molecule has 1 N–H and O–H groups in total.